The monoisotopic (exact) mass is 213 g/mol. The molecule has 0 aromatic heterocycles. The number of nitrogens with two attached hydrogens (primary N) is 1. The van der Waals surface area contributed by atoms with Crippen molar-refractivity contribution in [3.8, 4) is 0 Å². The van der Waals surface area contributed by atoms with Gasteiger partial charge in [0.1, 0.15) is 0 Å². The third-order valence-corrected chi connectivity index (χ3v) is 2.98. The summed E-state index contributed by atoms with van der Waals surface area (Å²) in [6, 6.07) is 0. The van der Waals surface area contributed by atoms with Crippen LogP contribution in [-0.2, 0) is 0 Å². The molecule has 1 aliphatic carbocycles. The lowest BCUT2D eigenvalue weighted by molar-refractivity contribution is -0.242. The maximum atomic E-state index is 13.3. The van der Waals surface area contributed by atoms with Gasteiger partial charge in [-0.05, 0) is 44.6 Å². The van der Waals surface area contributed by atoms with E-state index in [4.69, 9.17) is 5.73 Å². The highest BCUT2D eigenvalue weighted by Gasteiger charge is 2.56. The van der Waals surface area contributed by atoms with Crippen LogP contribution in [-0.4, -0.2) is 18.4 Å². The molecule has 1 aliphatic rings. The van der Waals surface area contributed by atoms with Crippen LogP contribution >= 0.6 is 0 Å². The Labute approximate surface area is 80.7 Å². The molecule has 1 nitrogen and oxygen atoms in total. The molecule has 0 atom stereocenters. The number of hydrogen-bond donors (Lipinski definition) is 1. The third-order valence-electron chi connectivity index (χ3n) is 2.98. The maximum absolute atomic E-state index is 13.3. The van der Waals surface area contributed by atoms with Crippen molar-refractivity contribution in [2.24, 2.45) is 11.7 Å². The summed E-state index contributed by atoms with van der Waals surface area (Å²) in [4.78, 5) is 0. The number of alkyl halides is 4. The second-order valence-electron chi connectivity index (χ2n) is 3.98. The van der Waals surface area contributed by atoms with Gasteiger partial charge in [-0.3, -0.25) is 0 Å². The van der Waals surface area contributed by atoms with Crippen LogP contribution in [0.1, 0.15) is 32.1 Å². The first-order valence-electron chi connectivity index (χ1n) is 4.85. The summed E-state index contributed by atoms with van der Waals surface area (Å²) in [5.74, 6) is 0.172. The number of rotatable bonds is 2. The highest BCUT2D eigenvalue weighted by atomic mass is 19.4. The van der Waals surface area contributed by atoms with Crippen LogP contribution in [0.15, 0.2) is 0 Å². The Bertz CT molecular complexity index is 182. The fourth-order valence-corrected chi connectivity index (χ4v) is 1.94. The standard InChI is InChI=1S/C9H15F4N/c10-8(9(11,12)13)4-1-7(2-5-8)3-6-14/h7H,1-6,14H2. The minimum absolute atomic E-state index is 0.172. The van der Waals surface area contributed by atoms with E-state index in [2.05, 4.69) is 0 Å². The van der Waals surface area contributed by atoms with Gasteiger partial charge in [-0.25, -0.2) is 4.39 Å². The van der Waals surface area contributed by atoms with Crippen molar-refractivity contribution in [1.29, 1.82) is 0 Å². The van der Waals surface area contributed by atoms with Crippen LogP contribution in [0, 0.1) is 5.92 Å². The van der Waals surface area contributed by atoms with Gasteiger partial charge >= 0.3 is 6.18 Å². The zero-order valence-electron chi connectivity index (χ0n) is 7.91. The Balaban J connectivity index is 2.49. The van der Waals surface area contributed by atoms with Crippen molar-refractivity contribution in [3.05, 3.63) is 0 Å². The Morgan fingerprint density at radius 2 is 1.71 bits per heavy atom. The SMILES string of the molecule is NCCC1CCC(F)(C(F)(F)F)CC1. The Hall–Kier alpha value is -0.320. The molecule has 0 saturated heterocycles. The van der Waals surface area contributed by atoms with E-state index in [1.807, 2.05) is 0 Å². The maximum Gasteiger partial charge on any atom is 0.422 e. The van der Waals surface area contributed by atoms with Gasteiger partial charge in [0.2, 0.25) is 5.67 Å². The van der Waals surface area contributed by atoms with Crippen molar-refractivity contribution < 1.29 is 17.6 Å². The van der Waals surface area contributed by atoms with Gasteiger partial charge in [-0.2, -0.15) is 13.2 Å². The molecule has 14 heavy (non-hydrogen) atoms. The fraction of sp³-hybridized carbons (Fsp3) is 1.00. The largest absolute Gasteiger partial charge is 0.422 e. The van der Waals surface area contributed by atoms with Gasteiger partial charge < -0.3 is 5.73 Å². The summed E-state index contributed by atoms with van der Waals surface area (Å²) < 4.78 is 50.1. The molecule has 0 aromatic carbocycles. The Kier molecular flexibility index (Phi) is 3.40. The zero-order chi connectivity index (χ0) is 10.8. The molecule has 5 heteroatoms. The van der Waals surface area contributed by atoms with Gasteiger partial charge in [-0.15, -0.1) is 0 Å². The van der Waals surface area contributed by atoms with Crippen molar-refractivity contribution in [3.63, 3.8) is 0 Å². The molecule has 0 aliphatic heterocycles. The van der Waals surface area contributed by atoms with Crippen molar-refractivity contribution >= 4 is 0 Å². The molecule has 84 valence electrons. The van der Waals surface area contributed by atoms with Crippen LogP contribution in [0.5, 0.6) is 0 Å². The van der Waals surface area contributed by atoms with Crippen molar-refractivity contribution in [1.82, 2.24) is 0 Å². The van der Waals surface area contributed by atoms with Crippen LogP contribution in [0.3, 0.4) is 0 Å². The first-order valence-corrected chi connectivity index (χ1v) is 4.85. The molecule has 0 radical (unpaired) electrons. The number of hydrogen-bond acceptors (Lipinski definition) is 1. The number of halogens is 4. The van der Waals surface area contributed by atoms with Gasteiger partial charge in [0.25, 0.3) is 0 Å². The summed E-state index contributed by atoms with van der Waals surface area (Å²) in [6.45, 7) is 0.468. The second kappa shape index (κ2) is 4.04. The molecule has 2 N–H and O–H groups in total. The van der Waals surface area contributed by atoms with Gasteiger partial charge in [-0.1, -0.05) is 0 Å². The van der Waals surface area contributed by atoms with E-state index in [-0.39, 0.29) is 5.92 Å². The van der Waals surface area contributed by atoms with Crippen LogP contribution in [0.2, 0.25) is 0 Å². The van der Waals surface area contributed by atoms with Gasteiger partial charge in [0.05, 0.1) is 0 Å². The van der Waals surface area contributed by atoms with E-state index in [0.717, 1.165) is 0 Å². The molecule has 1 saturated carbocycles. The van der Waals surface area contributed by atoms with E-state index < -0.39 is 24.7 Å². The average Bonchev–Trinajstić information content (AvgIpc) is 2.08. The van der Waals surface area contributed by atoms with Crippen LogP contribution < -0.4 is 5.73 Å². The summed E-state index contributed by atoms with van der Waals surface area (Å²) in [7, 11) is 0. The smallest absolute Gasteiger partial charge is 0.330 e. The minimum Gasteiger partial charge on any atom is -0.330 e. The van der Waals surface area contributed by atoms with Crippen molar-refractivity contribution in [2.75, 3.05) is 6.54 Å². The summed E-state index contributed by atoms with van der Waals surface area (Å²) in [5, 5.41) is 0. The molecule has 0 heterocycles. The fourth-order valence-electron chi connectivity index (χ4n) is 1.94. The molecule has 0 amide bonds. The molecule has 1 fully saturated rings. The Morgan fingerprint density at radius 1 is 1.21 bits per heavy atom. The van der Waals surface area contributed by atoms with Crippen LogP contribution in [0.4, 0.5) is 17.6 Å². The summed E-state index contributed by atoms with van der Waals surface area (Å²) in [5.41, 5.74) is 2.35. The lowest BCUT2D eigenvalue weighted by Crippen LogP contribution is -2.44. The zero-order valence-corrected chi connectivity index (χ0v) is 7.91. The lowest BCUT2D eigenvalue weighted by atomic mass is 9.78. The Morgan fingerprint density at radius 3 is 2.07 bits per heavy atom. The van der Waals surface area contributed by atoms with E-state index in [1.54, 1.807) is 0 Å². The van der Waals surface area contributed by atoms with Gasteiger partial charge in [0, 0.05) is 0 Å². The molecule has 0 bridgehead atoms. The molecular weight excluding hydrogens is 198 g/mol. The lowest BCUT2D eigenvalue weighted by Gasteiger charge is -2.35. The third kappa shape index (κ3) is 2.38. The molecular formula is C9H15F4N. The molecule has 0 spiro atoms. The molecule has 1 rings (SSSR count). The minimum atomic E-state index is -4.71. The topological polar surface area (TPSA) is 26.0 Å². The quantitative estimate of drug-likeness (QED) is 0.701. The molecule has 0 unspecified atom stereocenters. The normalized spacial score (nSPS) is 34.5. The summed E-state index contributed by atoms with van der Waals surface area (Å²) >= 11 is 0. The first-order chi connectivity index (χ1) is 6.39. The summed E-state index contributed by atoms with van der Waals surface area (Å²) in [6.07, 6.45) is -4.21. The van der Waals surface area contributed by atoms with Crippen molar-refractivity contribution in [2.45, 2.75) is 43.9 Å². The predicted octanol–water partition coefficient (Wildman–Crippen LogP) is 2.80. The second-order valence-corrected chi connectivity index (χ2v) is 3.98. The van der Waals surface area contributed by atoms with Gasteiger partial charge in [0.15, 0.2) is 0 Å². The van der Waals surface area contributed by atoms with E-state index in [9.17, 15) is 17.6 Å². The van der Waals surface area contributed by atoms with Crippen LogP contribution in [0.25, 0.3) is 0 Å². The van der Waals surface area contributed by atoms with E-state index in [0.29, 0.717) is 25.8 Å². The molecule has 0 aromatic rings. The first kappa shape index (κ1) is 11.8. The highest BCUT2D eigenvalue weighted by molar-refractivity contribution is 4.91. The van der Waals surface area contributed by atoms with E-state index >= 15 is 0 Å². The predicted molar refractivity (Wildman–Crippen MR) is 45.5 cm³/mol. The highest BCUT2D eigenvalue weighted by Crippen LogP contribution is 2.46. The average molecular weight is 213 g/mol. The van der Waals surface area contributed by atoms with E-state index in [1.165, 1.54) is 0 Å².